The van der Waals surface area contributed by atoms with Crippen LogP contribution in [0.1, 0.15) is 17.4 Å². The Morgan fingerprint density at radius 1 is 1.73 bits per heavy atom. The second-order valence-electron chi connectivity index (χ2n) is 1.95. The first-order valence-corrected chi connectivity index (χ1v) is 4.30. The molecule has 11 heavy (non-hydrogen) atoms. The third-order valence-electron chi connectivity index (χ3n) is 1.28. The van der Waals surface area contributed by atoms with Crippen LogP contribution < -0.4 is 0 Å². The third-order valence-corrected chi connectivity index (χ3v) is 2.86. The van der Waals surface area contributed by atoms with Crippen molar-refractivity contribution in [3.8, 4) is 0 Å². The van der Waals surface area contributed by atoms with Crippen molar-refractivity contribution >= 4 is 30.2 Å². The van der Waals surface area contributed by atoms with Gasteiger partial charge in [0.25, 0.3) is 0 Å². The number of rotatable bonds is 2. The van der Waals surface area contributed by atoms with Gasteiger partial charge in [0, 0.05) is 6.21 Å². The van der Waals surface area contributed by atoms with Crippen molar-refractivity contribution < 1.29 is 19.5 Å². The van der Waals surface area contributed by atoms with Crippen molar-refractivity contribution in [2.75, 3.05) is 0 Å². The van der Waals surface area contributed by atoms with Gasteiger partial charge in [0.15, 0.2) is 0 Å². The molecule has 0 saturated carbocycles. The molecule has 1 aromatic rings. The van der Waals surface area contributed by atoms with E-state index in [9.17, 15) is 0 Å². The van der Waals surface area contributed by atoms with Gasteiger partial charge < -0.3 is 29.4 Å². The predicted octanol–water partition coefficient (Wildman–Crippen LogP) is 2.21. The fraction of sp³-hybridized carbons (Fsp3) is 0.286. The Kier molecular flexibility index (Phi) is 5.06. The second-order valence-corrected chi connectivity index (χ2v) is 3.76. The van der Waals surface area contributed by atoms with Crippen LogP contribution in [0.3, 0.4) is 0 Å². The Morgan fingerprint density at radius 2 is 2.36 bits per heavy atom. The van der Waals surface area contributed by atoms with E-state index >= 15 is 0 Å². The van der Waals surface area contributed by atoms with Gasteiger partial charge in [-0.3, -0.25) is 0 Å². The predicted molar refractivity (Wildman–Crippen MR) is 47.2 cm³/mol. The Balaban J connectivity index is 0.000001000. The molecule has 0 aliphatic heterocycles. The zero-order chi connectivity index (χ0) is 7.56. The van der Waals surface area contributed by atoms with Crippen LogP contribution in [0.4, 0.5) is 0 Å². The van der Waals surface area contributed by atoms with E-state index in [2.05, 4.69) is 6.92 Å². The van der Waals surface area contributed by atoms with E-state index in [1.54, 1.807) is 11.3 Å². The monoisotopic (exact) mass is 234 g/mol. The van der Waals surface area contributed by atoms with Crippen LogP contribution in [0.15, 0.2) is 10.3 Å². The van der Waals surface area contributed by atoms with Crippen molar-refractivity contribution in [2.24, 2.45) is 0 Å². The second kappa shape index (κ2) is 4.97. The van der Waals surface area contributed by atoms with Crippen LogP contribution in [0.5, 0.6) is 0 Å². The summed E-state index contributed by atoms with van der Waals surface area (Å²) in [6.07, 6.45) is 2.33. The standard InChI is InChI=1S/C7H9NS2.Zn/c1-2-6-3-5(4-8)7(9)10-6;/h3-4,8-9H,2H2,1H3;/q;+2/p-1. The molecule has 1 N–H and O–H groups in total. The van der Waals surface area contributed by atoms with Crippen LogP contribution >= 0.6 is 11.3 Å². The largest absolute Gasteiger partial charge is 2.00 e. The van der Waals surface area contributed by atoms with Crippen molar-refractivity contribution in [3.05, 3.63) is 16.5 Å². The summed E-state index contributed by atoms with van der Waals surface area (Å²) in [5.41, 5.74) is 0.886. The summed E-state index contributed by atoms with van der Waals surface area (Å²) in [6.45, 7) is 2.09. The van der Waals surface area contributed by atoms with E-state index in [-0.39, 0.29) is 19.5 Å². The molecule has 0 aliphatic carbocycles. The van der Waals surface area contributed by atoms with Crippen LogP contribution in [0.2, 0.25) is 0 Å². The van der Waals surface area contributed by atoms with E-state index in [4.69, 9.17) is 18.0 Å². The van der Waals surface area contributed by atoms with Crippen LogP contribution in [0, 0.1) is 5.41 Å². The Labute approximate surface area is 88.9 Å². The number of nitrogens with one attached hydrogen (secondary N) is 1. The summed E-state index contributed by atoms with van der Waals surface area (Å²) in [7, 11) is 0. The average molecular weight is 236 g/mol. The summed E-state index contributed by atoms with van der Waals surface area (Å²) >= 11 is 6.61. The molecule has 0 fully saturated rings. The molecule has 4 heteroatoms. The van der Waals surface area contributed by atoms with Crippen LogP contribution in [-0.4, -0.2) is 6.21 Å². The number of hydrogen-bond donors (Lipinski definition) is 1. The third kappa shape index (κ3) is 2.62. The molecule has 0 spiro atoms. The Morgan fingerprint density at radius 3 is 2.64 bits per heavy atom. The SMILES string of the molecule is CCc1cc(C=N)c([S-])s1.[Zn+2]. The molecule has 1 rings (SSSR count). The maximum atomic E-state index is 6.99. The summed E-state index contributed by atoms with van der Waals surface area (Å²) in [4.78, 5) is 1.27. The number of hydrogen-bond acceptors (Lipinski definition) is 3. The van der Waals surface area contributed by atoms with Gasteiger partial charge in [0.1, 0.15) is 0 Å². The molecule has 0 radical (unpaired) electrons. The average Bonchev–Trinajstić information content (AvgIpc) is 2.30. The Bertz CT molecular complexity index is 245. The van der Waals surface area contributed by atoms with Crippen molar-refractivity contribution in [3.63, 3.8) is 0 Å². The zero-order valence-corrected chi connectivity index (χ0v) is 11.0. The first-order valence-electron chi connectivity index (χ1n) is 3.08. The first-order chi connectivity index (χ1) is 4.77. The van der Waals surface area contributed by atoms with Gasteiger partial charge in [0.2, 0.25) is 0 Å². The van der Waals surface area contributed by atoms with Gasteiger partial charge >= 0.3 is 19.5 Å². The molecule has 1 nitrogen and oxygen atoms in total. The number of thiophene rings is 1. The van der Waals surface area contributed by atoms with Gasteiger partial charge in [-0.1, -0.05) is 17.9 Å². The first kappa shape index (κ1) is 11.2. The molecular weight excluding hydrogens is 228 g/mol. The summed E-state index contributed by atoms with van der Waals surface area (Å²) in [5, 5.41) is 6.99. The molecule has 54 valence electrons. The molecule has 0 atom stereocenters. The van der Waals surface area contributed by atoms with Crippen LogP contribution in [-0.2, 0) is 38.5 Å². The molecule has 0 aliphatic rings. The molecule has 0 amide bonds. The molecule has 0 saturated heterocycles. The summed E-state index contributed by atoms with van der Waals surface area (Å²) < 4.78 is 0.840. The minimum Gasteiger partial charge on any atom is -0.427 e. The topological polar surface area (TPSA) is 23.9 Å². The minimum atomic E-state index is 0. The number of aryl methyl sites for hydroxylation is 1. The van der Waals surface area contributed by atoms with Gasteiger partial charge in [-0.2, -0.15) is 0 Å². The maximum Gasteiger partial charge on any atom is 2.00 e. The Hall–Kier alpha value is 0.213. The van der Waals surface area contributed by atoms with Gasteiger partial charge in [0.05, 0.1) is 0 Å². The zero-order valence-electron chi connectivity index (χ0n) is 6.39. The maximum absolute atomic E-state index is 6.99. The quantitative estimate of drug-likeness (QED) is 0.474. The normalized spacial score (nSPS) is 8.82. The minimum absolute atomic E-state index is 0. The molecule has 1 heterocycles. The molecule has 1 aromatic heterocycles. The smallest absolute Gasteiger partial charge is 0.427 e. The van der Waals surface area contributed by atoms with Gasteiger partial charge in [-0.25, -0.2) is 0 Å². The van der Waals surface area contributed by atoms with E-state index < -0.39 is 0 Å². The van der Waals surface area contributed by atoms with E-state index in [1.165, 1.54) is 11.1 Å². The molecule has 0 bridgehead atoms. The van der Waals surface area contributed by atoms with E-state index in [0.29, 0.717) is 0 Å². The van der Waals surface area contributed by atoms with Crippen molar-refractivity contribution in [1.82, 2.24) is 0 Å². The molecular formula is C7H8NS2Zn+. The van der Waals surface area contributed by atoms with E-state index in [1.807, 2.05) is 6.07 Å². The van der Waals surface area contributed by atoms with Crippen molar-refractivity contribution in [2.45, 2.75) is 17.6 Å². The fourth-order valence-electron chi connectivity index (χ4n) is 0.715. The van der Waals surface area contributed by atoms with Gasteiger partial charge in [-0.05, 0) is 12.0 Å². The fourth-order valence-corrected chi connectivity index (χ4v) is 1.96. The summed E-state index contributed by atoms with van der Waals surface area (Å²) in [6, 6.07) is 1.99. The van der Waals surface area contributed by atoms with Crippen molar-refractivity contribution in [1.29, 1.82) is 5.41 Å². The van der Waals surface area contributed by atoms with Crippen LogP contribution in [0.25, 0.3) is 0 Å². The summed E-state index contributed by atoms with van der Waals surface area (Å²) in [5.74, 6) is 0. The van der Waals surface area contributed by atoms with E-state index in [0.717, 1.165) is 16.2 Å². The van der Waals surface area contributed by atoms with Gasteiger partial charge in [-0.15, -0.1) is 4.21 Å². The molecule has 0 unspecified atom stereocenters. The molecule has 0 aromatic carbocycles.